The van der Waals surface area contributed by atoms with Crippen molar-refractivity contribution in [2.45, 2.75) is 26.7 Å². The number of carbonyl (C=O) groups is 2. The van der Waals surface area contributed by atoms with E-state index >= 15 is 0 Å². The van der Waals surface area contributed by atoms with Crippen LogP contribution in [0, 0.1) is 0 Å². The molecule has 0 heterocycles. The van der Waals surface area contributed by atoms with Crippen molar-refractivity contribution in [3.05, 3.63) is 66.7 Å². The summed E-state index contributed by atoms with van der Waals surface area (Å²) in [5.41, 5.74) is 2.10. The molecule has 0 aliphatic carbocycles. The third kappa shape index (κ3) is 7.28. The lowest BCUT2D eigenvalue weighted by Crippen LogP contribution is -2.32. The number of carbonyl (C=O) groups excluding carboxylic acids is 2. The maximum Gasteiger partial charge on any atom is 0.253 e. The van der Waals surface area contributed by atoms with E-state index in [9.17, 15) is 9.59 Å². The number of nitrogens with one attached hydrogen (secondary N) is 2. The quantitative estimate of drug-likeness (QED) is 0.504. The van der Waals surface area contributed by atoms with Crippen molar-refractivity contribution in [3.63, 3.8) is 0 Å². The predicted molar refractivity (Wildman–Crippen MR) is 122 cm³/mol. The molecule has 0 aliphatic rings. The first-order valence-electron chi connectivity index (χ1n) is 10.3. The first kappa shape index (κ1) is 23.0. The lowest BCUT2D eigenvalue weighted by atomic mass is 10.1. The van der Waals surface area contributed by atoms with Crippen LogP contribution in [0.2, 0.25) is 0 Å². The summed E-state index contributed by atoms with van der Waals surface area (Å²) in [5, 5.41) is 5.91. The van der Waals surface area contributed by atoms with Gasteiger partial charge in [-0.3, -0.25) is 9.59 Å². The van der Waals surface area contributed by atoms with Gasteiger partial charge in [-0.2, -0.15) is 0 Å². The summed E-state index contributed by atoms with van der Waals surface area (Å²) < 4.78 is 5.47. The van der Waals surface area contributed by atoms with Gasteiger partial charge in [-0.05, 0) is 49.2 Å². The number of rotatable bonds is 12. The van der Waals surface area contributed by atoms with Crippen molar-refractivity contribution in [1.82, 2.24) is 4.90 Å². The van der Waals surface area contributed by atoms with Gasteiger partial charge in [0.2, 0.25) is 5.91 Å². The summed E-state index contributed by atoms with van der Waals surface area (Å²) in [6.07, 6.45) is 3.53. The van der Waals surface area contributed by atoms with Crippen LogP contribution >= 0.6 is 0 Å². The molecule has 2 aromatic carbocycles. The molecule has 0 fully saturated rings. The summed E-state index contributed by atoms with van der Waals surface area (Å²) in [6.45, 7) is 9.79. The molecule has 0 radical (unpaired) electrons. The van der Waals surface area contributed by atoms with Crippen LogP contribution in [-0.4, -0.2) is 43.0 Å². The van der Waals surface area contributed by atoms with Gasteiger partial charge in [0.15, 0.2) is 0 Å². The molecule has 0 aromatic heterocycles. The van der Waals surface area contributed by atoms with Crippen LogP contribution in [0.4, 0.5) is 11.4 Å². The van der Waals surface area contributed by atoms with Crippen LogP contribution in [-0.2, 0) is 4.79 Å². The van der Waals surface area contributed by atoms with Crippen molar-refractivity contribution in [2.75, 3.05) is 36.9 Å². The minimum Gasteiger partial charge on any atom is -0.489 e. The summed E-state index contributed by atoms with van der Waals surface area (Å²) in [5.74, 6) is 0.538. The molecule has 0 atom stereocenters. The monoisotopic (exact) mass is 409 g/mol. The first-order chi connectivity index (χ1) is 14.6. The highest BCUT2D eigenvalue weighted by molar-refractivity contribution is 5.95. The molecule has 0 saturated carbocycles. The smallest absolute Gasteiger partial charge is 0.253 e. The van der Waals surface area contributed by atoms with E-state index in [1.165, 1.54) is 0 Å². The number of amides is 2. The van der Waals surface area contributed by atoms with E-state index in [0.29, 0.717) is 23.6 Å². The standard InChI is InChI=1S/C24H31N3O3/c1-4-14-27(15-5-2)24(29)19-10-12-20(13-11-19)25-18-23(28)26-21-8-7-9-22(17-21)30-16-6-3/h6-13,17,25H,3-5,14-16,18H2,1-2H3,(H,26,28). The Hall–Kier alpha value is -3.28. The molecule has 2 amide bonds. The Morgan fingerprint density at radius 2 is 1.73 bits per heavy atom. The maximum atomic E-state index is 12.6. The van der Waals surface area contributed by atoms with E-state index < -0.39 is 0 Å². The van der Waals surface area contributed by atoms with Crippen molar-refractivity contribution in [1.29, 1.82) is 0 Å². The molecule has 6 heteroatoms. The molecule has 0 saturated heterocycles. The van der Waals surface area contributed by atoms with Crippen LogP contribution in [0.5, 0.6) is 5.75 Å². The number of nitrogens with zero attached hydrogens (tertiary/aromatic N) is 1. The van der Waals surface area contributed by atoms with E-state index in [-0.39, 0.29) is 18.4 Å². The number of hydrogen-bond acceptors (Lipinski definition) is 4. The summed E-state index contributed by atoms with van der Waals surface area (Å²) in [4.78, 5) is 26.7. The predicted octanol–water partition coefficient (Wildman–Crippen LogP) is 4.56. The molecule has 30 heavy (non-hydrogen) atoms. The fourth-order valence-corrected chi connectivity index (χ4v) is 2.97. The fourth-order valence-electron chi connectivity index (χ4n) is 2.97. The Labute approximate surface area is 178 Å². The van der Waals surface area contributed by atoms with Crippen LogP contribution in [0.1, 0.15) is 37.0 Å². The number of ether oxygens (including phenoxy) is 1. The summed E-state index contributed by atoms with van der Waals surface area (Å²) in [7, 11) is 0. The summed E-state index contributed by atoms with van der Waals surface area (Å²) in [6, 6.07) is 14.4. The largest absolute Gasteiger partial charge is 0.489 e. The fraction of sp³-hybridized carbons (Fsp3) is 0.333. The Balaban J connectivity index is 1.88. The second kappa shape index (κ2) is 12.3. The molecule has 0 bridgehead atoms. The van der Waals surface area contributed by atoms with Crippen molar-refractivity contribution in [2.24, 2.45) is 0 Å². The zero-order valence-corrected chi connectivity index (χ0v) is 17.8. The molecule has 0 spiro atoms. The minimum atomic E-state index is -0.173. The zero-order valence-electron chi connectivity index (χ0n) is 17.8. The molecule has 2 aromatic rings. The summed E-state index contributed by atoms with van der Waals surface area (Å²) >= 11 is 0. The van der Waals surface area contributed by atoms with E-state index in [4.69, 9.17) is 4.74 Å². The molecular weight excluding hydrogens is 378 g/mol. The van der Waals surface area contributed by atoms with E-state index in [1.54, 1.807) is 30.3 Å². The van der Waals surface area contributed by atoms with Gasteiger partial charge in [-0.1, -0.05) is 32.6 Å². The van der Waals surface area contributed by atoms with Gasteiger partial charge in [0, 0.05) is 36.1 Å². The maximum absolute atomic E-state index is 12.6. The molecular formula is C24H31N3O3. The van der Waals surface area contributed by atoms with Crippen LogP contribution in [0.25, 0.3) is 0 Å². The molecule has 0 aliphatic heterocycles. The lowest BCUT2D eigenvalue weighted by molar-refractivity contribution is -0.114. The van der Waals surface area contributed by atoms with Gasteiger partial charge in [0.25, 0.3) is 5.91 Å². The van der Waals surface area contributed by atoms with Gasteiger partial charge in [0.1, 0.15) is 12.4 Å². The van der Waals surface area contributed by atoms with E-state index in [1.807, 2.05) is 29.2 Å². The molecule has 2 N–H and O–H groups in total. The molecule has 2 rings (SSSR count). The van der Waals surface area contributed by atoms with Crippen molar-refractivity contribution >= 4 is 23.2 Å². The van der Waals surface area contributed by atoms with Gasteiger partial charge < -0.3 is 20.3 Å². The SMILES string of the molecule is C=CCOc1cccc(NC(=O)CNc2ccc(C(=O)N(CCC)CCC)cc2)c1. The minimum absolute atomic E-state index is 0.0431. The topological polar surface area (TPSA) is 70.7 Å². The van der Waals surface area contributed by atoms with E-state index in [2.05, 4.69) is 31.1 Å². The second-order valence-electron chi connectivity index (χ2n) is 6.90. The average molecular weight is 410 g/mol. The van der Waals surface area contributed by atoms with Crippen LogP contribution in [0.3, 0.4) is 0 Å². The second-order valence-corrected chi connectivity index (χ2v) is 6.90. The molecule has 6 nitrogen and oxygen atoms in total. The number of anilines is 2. The normalized spacial score (nSPS) is 10.2. The van der Waals surface area contributed by atoms with Gasteiger partial charge in [0.05, 0.1) is 6.54 Å². The van der Waals surface area contributed by atoms with Crippen molar-refractivity contribution < 1.29 is 14.3 Å². The van der Waals surface area contributed by atoms with Crippen LogP contribution in [0.15, 0.2) is 61.2 Å². The Bertz CT molecular complexity index is 828. The first-order valence-corrected chi connectivity index (χ1v) is 10.3. The van der Waals surface area contributed by atoms with Gasteiger partial charge in [-0.15, -0.1) is 0 Å². The molecule has 160 valence electrons. The number of benzene rings is 2. The Morgan fingerprint density at radius 1 is 1.03 bits per heavy atom. The highest BCUT2D eigenvalue weighted by Gasteiger charge is 2.14. The van der Waals surface area contributed by atoms with Gasteiger partial charge >= 0.3 is 0 Å². The average Bonchev–Trinajstić information content (AvgIpc) is 2.76. The number of hydrogen-bond donors (Lipinski definition) is 2. The zero-order chi connectivity index (χ0) is 21.8. The Morgan fingerprint density at radius 3 is 2.37 bits per heavy atom. The lowest BCUT2D eigenvalue weighted by Gasteiger charge is -2.21. The van der Waals surface area contributed by atoms with Gasteiger partial charge in [-0.25, -0.2) is 0 Å². The Kier molecular flexibility index (Phi) is 9.45. The van der Waals surface area contributed by atoms with Crippen molar-refractivity contribution in [3.8, 4) is 5.75 Å². The van der Waals surface area contributed by atoms with E-state index in [0.717, 1.165) is 31.6 Å². The highest BCUT2D eigenvalue weighted by atomic mass is 16.5. The molecule has 0 unspecified atom stereocenters. The third-order valence-electron chi connectivity index (χ3n) is 4.34. The van der Waals surface area contributed by atoms with Crippen LogP contribution < -0.4 is 15.4 Å². The highest BCUT2D eigenvalue weighted by Crippen LogP contribution is 2.17. The third-order valence-corrected chi connectivity index (χ3v) is 4.34.